The third-order valence-corrected chi connectivity index (χ3v) is 9.86. The monoisotopic (exact) mass is 722 g/mol. The van der Waals surface area contributed by atoms with Crippen LogP contribution in [-0.4, -0.2) is 88.7 Å². The molecular formula is C39H46N8O6. The quantitative estimate of drug-likeness (QED) is 0.103. The van der Waals surface area contributed by atoms with Crippen LogP contribution in [0.2, 0.25) is 0 Å². The van der Waals surface area contributed by atoms with Gasteiger partial charge >= 0.3 is 12.2 Å². The Morgan fingerprint density at radius 2 is 1.66 bits per heavy atom. The lowest BCUT2D eigenvalue weighted by Gasteiger charge is -2.31. The average molecular weight is 723 g/mol. The van der Waals surface area contributed by atoms with Crippen LogP contribution >= 0.6 is 0 Å². The third kappa shape index (κ3) is 9.54. The van der Waals surface area contributed by atoms with Gasteiger partial charge in [0.1, 0.15) is 17.7 Å². The van der Waals surface area contributed by atoms with E-state index < -0.39 is 18.2 Å². The number of unbranched alkanes of at least 4 members (excludes halogenated alkanes) is 1. The number of aromatic nitrogens is 4. The number of nitrogens with zero attached hydrogens (tertiary/aromatic N) is 3. The topological polar surface area (TPSA) is 183 Å². The highest BCUT2D eigenvalue weighted by molar-refractivity contribution is 5.86. The molecule has 5 N–H and O–H groups in total. The molecule has 0 spiro atoms. The predicted octanol–water partition coefficient (Wildman–Crippen LogP) is 4.73. The van der Waals surface area contributed by atoms with Gasteiger partial charge in [-0.3, -0.25) is 9.59 Å². The maximum absolute atomic E-state index is 13.8. The number of alkyl carbamates (subject to hydrolysis) is 2. The summed E-state index contributed by atoms with van der Waals surface area (Å²) in [6.07, 6.45) is 8.55. The van der Waals surface area contributed by atoms with E-state index in [2.05, 4.69) is 52.5 Å². The van der Waals surface area contributed by atoms with Gasteiger partial charge in [-0.25, -0.2) is 19.6 Å². The Labute approximate surface area is 308 Å². The van der Waals surface area contributed by atoms with E-state index in [0.29, 0.717) is 13.1 Å². The first-order valence-corrected chi connectivity index (χ1v) is 18.2. The summed E-state index contributed by atoms with van der Waals surface area (Å²) < 4.78 is 9.29. The van der Waals surface area contributed by atoms with Crippen molar-refractivity contribution >= 4 is 35.0 Å². The highest BCUT2D eigenvalue weighted by atomic mass is 16.5. The molecule has 0 bridgehead atoms. The van der Waals surface area contributed by atoms with Crippen LogP contribution in [0.5, 0.6) is 0 Å². The van der Waals surface area contributed by atoms with Crippen molar-refractivity contribution in [2.24, 2.45) is 5.92 Å². The molecule has 2 aliphatic rings. The summed E-state index contributed by atoms with van der Waals surface area (Å²) in [6, 6.07) is 13.1. The van der Waals surface area contributed by atoms with E-state index in [0.717, 1.165) is 103 Å². The number of imidazole rings is 2. The lowest BCUT2D eigenvalue weighted by Crippen LogP contribution is -2.51. The number of nitrogens with one attached hydrogen (secondary N) is 5. The Balaban J connectivity index is 1.02. The van der Waals surface area contributed by atoms with Gasteiger partial charge in [-0.2, -0.15) is 0 Å². The summed E-state index contributed by atoms with van der Waals surface area (Å²) >= 11 is 0. The Hall–Kier alpha value is -5.84. The summed E-state index contributed by atoms with van der Waals surface area (Å²) in [5.74, 6) is 7.89. The average Bonchev–Trinajstić information content (AvgIpc) is 4.02. The van der Waals surface area contributed by atoms with Gasteiger partial charge in [0.15, 0.2) is 0 Å². The van der Waals surface area contributed by atoms with Crippen LogP contribution in [0.1, 0.15) is 80.2 Å². The molecule has 2 fully saturated rings. The molecule has 3 heterocycles. The van der Waals surface area contributed by atoms with Crippen LogP contribution in [0.4, 0.5) is 9.59 Å². The zero-order valence-electron chi connectivity index (χ0n) is 30.1. The summed E-state index contributed by atoms with van der Waals surface area (Å²) in [5, 5.41) is 7.94. The van der Waals surface area contributed by atoms with Crippen LogP contribution in [0.3, 0.4) is 0 Å². The fraction of sp³-hybridized carbons (Fsp3) is 0.436. The minimum atomic E-state index is -0.639. The van der Waals surface area contributed by atoms with Crippen LogP contribution < -0.4 is 16.0 Å². The minimum absolute atomic E-state index is 0.0681. The molecule has 6 rings (SSSR count). The maximum atomic E-state index is 13.8. The second kappa shape index (κ2) is 17.6. The van der Waals surface area contributed by atoms with Crippen molar-refractivity contribution in [1.82, 2.24) is 40.8 Å². The Bertz CT molecular complexity index is 1970. The van der Waals surface area contributed by atoms with E-state index >= 15 is 0 Å². The molecule has 14 heteroatoms. The van der Waals surface area contributed by atoms with Crippen LogP contribution in [0, 0.1) is 17.8 Å². The number of methoxy groups -OCH3 is 2. The molecule has 1 saturated heterocycles. The second-order valence-electron chi connectivity index (χ2n) is 13.4. The molecule has 2 aromatic carbocycles. The third-order valence-electron chi connectivity index (χ3n) is 9.86. The number of carbonyl (C=O) groups is 4. The predicted molar refractivity (Wildman–Crippen MR) is 197 cm³/mol. The van der Waals surface area contributed by atoms with Crippen LogP contribution in [-0.2, 0) is 25.5 Å². The Morgan fingerprint density at radius 3 is 2.43 bits per heavy atom. The first-order valence-electron chi connectivity index (χ1n) is 18.2. The van der Waals surface area contributed by atoms with Gasteiger partial charge < -0.3 is 40.3 Å². The van der Waals surface area contributed by atoms with Crippen LogP contribution in [0.15, 0.2) is 48.7 Å². The zero-order chi connectivity index (χ0) is 37.2. The fourth-order valence-corrected chi connectivity index (χ4v) is 7.07. The van der Waals surface area contributed by atoms with E-state index in [1.54, 1.807) is 6.20 Å². The smallest absolute Gasteiger partial charge is 0.407 e. The lowest BCUT2D eigenvalue weighted by molar-refractivity contribution is -0.135. The number of fused-ring (bicyclic) bond motifs is 1. The number of hydrogen-bond donors (Lipinski definition) is 5. The molecule has 2 unspecified atom stereocenters. The second-order valence-corrected chi connectivity index (χ2v) is 13.4. The van der Waals surface area contributed by atoms with Gasteiger partial charge in [-0.05, 0) is 80.3 Å². The van der Waals surface area contributed by atoms with E-state index in [4.69, 9.17) is 4.74 Å². The number of hydrogen-bond acceptors (Lipinski definition) is 8. The number of benzene rings is 2. The molecule has 53 heavy (non-hydrogen) atoms. The van der Waals surface area contributed by atoms with Gasteiger partial charge in [-0.1, -0.05) is 36.8 Å². The number of likely N-dealkylation sites (tertiary alicyclic amines) is 1. The van der Waals surface area contributed by atoms with Crippen molar-refractivity contribution < 1.29 is 28.7 Å². The number of rotatable bonds is 12. The number of ether oxygens (including phenoxy) is 2. The van der Waals surface area contributed by atoms with E-state index in [1.165, 1.54) is 14.2 Å². The molecule has 2 atom stereocenters. The molecular weight excluding hydrogens is 676 g/mol. The molecule has 1 aliphatic carbocycles. The largest absolute Gasteiger partial charge is 0.453 e. The minimum Gasteiger partial charge on any atom is -0.453 e. The number of aromatic amines is 2. The highest BCUT2D eigenvalue weighted by Gasteiger charge is 2.40. The first kappa shape index (κ1) is 36.9. The molecule has 0 radical (unpaired) electrons. The summed E-state index contributed by atoms with van der Waals surface area (Å²) in [4.78, 5) is 66.8. The molecule has 4 aromatic rings. The highest BCUT2D eigenvalue weighted by Crippen LogP contribution is 2.35. The Morgan fingerprint density at radius 1 is 0.906 bits per heavy atom. The Kier molecular flexibility index (Phi) is 12.3. The zero-order valence-corrected chi connectivity index (χ0v) is 30.1. The number of amides is 4. The molecule has 2 aromatic heterocycles. The molecule has 278 valence electrons. The van der Waals surface area contributed by atoms with E-state index in [-0.39, 0.29) is 30.3 Å². The molecule has 1 saturated carbocycles. The van der Waals surface area contributed by atoms with Crippen molar-refractivity contribution in [3.05, 3.63) is 71.4 Å². The van der Waals surface area contributed by atoms with E-state index in [1.807, 2.05) is 47.4 Å². The SMILES string of the molecule is COC(=O)NCC(=O)NCCCCc1nc2ccc(C#Cc3ccc(-c4cnc(C5CCCN5C(=O)C(NC(=O)OC)C5CCCC5)[nH]4)cc3)cc2[nH]1. The van der Waals surface area contributed by atoms with Gasteiger partial charge in [0.2, 0.25) is 11.8 Å². The van der Waals surface area contributed by atoms with Crippen molar-refractivity contribution in [2.45, 2.75) is 69.9 Å². The van der Waals surface area contributed by atoms with Gasteiger partial charge in [0, 0.05) is 30.6 Å². The first-order chi connectivity index (χ1) is 25.8. The van der Waals surface area contributed by atoms with Gasteiger partial charge in [-0.15, -0.1) is 0 Å². The van der Waals surface area contributed by atoms with Gasteiger partial charge in [0.05, 0.1) is 49.7 Å². The summed E-state index contributed by atoms with van der Waals surface area (Å²) in [6.45, 7) is 1.01. The van der Waals surface area contributed by atoms with Crippen molar-refractivity contribution in [3.63, 3.8) is 0 Å². The summed E-state index contributed by atoms with van der Waals surface area (Å²) in [7, 11) is 2.57. The van der Waals surface area contributed by atoms with E-state index in [9.17, 15) is 19.2 Å². The number of H-pyrrole nitrogens is 2. The maximum Gasteiger partial charge on any atom is 0.407 e. The number of aryl methyl sites for hydroxylation is 1. The normalized spacial score (nSPS) is 16.1. The lowest BCUT2D eigenvalue weighted by atomic mass is 9.96. The van der Waals surface area contributed by atoms with Crippen molar-refractivity contribution in [3.8, 4) is 23.1 Å². The van der Waals surface area contributed by atoms with Crippen molar-refractivity contribution in [2.75, 3.05) is 33.9 Å². The fourth-order valence-electron chi connectivity index (χ4n) is 7.07. The molecule has 1 aliphatic heterocycles. The molecule has 14 nitrogen and oxygen atoms in total. The molecule has 4 amide bonds. The van der Waals surface area contributed by atoms with Gasteiger partial charge in [0.25, 0.3) is 0 Å². The van der Waals surface area contributed by atoms with Crippen LogP contribution in [0.25, 0.3) is 22.3 Å². The standard InChI is InChI=1S/C39H46N8O6/c1-52-38(50)42-24-34(48)40-20-6-5-11-33-43-29-19-16-26(22-30(29)44-33)13-12-25-14-17-27(18-15-25)31-23-41-36(45-31)32-10-7-21-47(32)37(49)35(46-39(51)53-2)28-8-3-4-9-28/h14-19,22-23,28,32,35H,3-11,20-21,24H2,1-2H3,(H,40,48)(H,41,45)(H,42,50)(H,43,44)(H,46,51). The number of carbonyl (C=O) groups excluding carboxylic acids is 4. The summed E-state index contributed by atoms with van der Waals surface area (Å²) in [5.41, 5.74) is 5.34. The van der Waals surface area contributed by atoms with Crippen molar-refractivity contribution in [1.29, 1.82) is 0 Å².